The van der Waals surface area contributed by atoms with E-state index < -0.39 is 0 Å². The second-order valence-electron chi connectivity index (χ2n) is 5.73. The van der Waals surface area contributed by atoms with E-state index in [4.69, 9.17) is 10.5 Å². The van der Waals surface area contributed by atoms with Gasteiger partial charge >= 0.3 is 0 Å². The van der Waals surface area contributed by atoms with Gasteiger partial charge in [-0.1, -0.05) is 19.3 Å². The standard InChI is InChI=1S/C15H27N3O/c1-4-18-13(10-12(2)17-18)11-14(16)15(19-3)8-6-5-7-9-15/h10,14H,4-9,11,16H2,1-3H3. The Morgan fingerprint density at radius 1 is 1.42 bits per heavy atom. The van der Waals surface area contributed by atoms with Crippen LogP contribution >= 0.6 is 0 Å². The lowest BCUT2D eigenvalue weighted by Gasteiger charge is -2.40. The first-order valence-corrected chi connectivity index (χ1v) is 7.45. The second-order valence-corrected chi connectivity index (χ2v) is 5.73. The minimum Gasteiger partial charge on any atom is -0.377 e. The van der Waals surface area contributed by atoms with Gasteiger partial charge in [0.05, 0.1) is 11.3 Å². The number of rotatable bonds is 5. The first-order chi connectivity index (χ1) is 9.11. The Kier molecular flexibility index (Phi) is 4.63. The van der Waals surface area contributed by atoms with Gasteiger partial charge in [-0.15, -0.1) is 0 Å². The largest absolute Gasteiger partial charge is 0.377 e. The molecular formula is C15H27N3O. The highest BCUT2D eigenvalue weighted by molar-refractivity contribution is 5.12. The highest BCUT2D eigenvalue weighted by Crippen LogP contribution is 2.34. The van der Waals surface area contributed by atoms with Crippen LogP contribution in [0, 0.1) is 6.92 Å². The van der Waals surface area contributed by atoms with Gasteiger partial charge in [0.2, 0.25) is 0 Å². The van der Waals surface area contributed by atoms with Crippen LogP contribution in [0.1, 0.15) is 50.4 Å². The van der Waals surface area contributed by atoms with Crippen molar-refractivity contribution in [1.29, 1.82) is 0 Å². The Morgan fingerprint density at radius 2 is 2.11 bits per heavy atom. The van der Waals surface area contributed by atoms with E-state index in [1.165, 1.54) is 25.0 Å². The smallest absolute Gasteiger partial charge is 0.0832 e. The summed E-state index contributed by atoms with van der Waals surface area (Å²) >= 11 is 0. The molecule has 2 rings (SSSR count). The molecule has 0 bridgehead atoms. The van der Waals surface area contributed by atoms with Crippen LogP contribution in [0.2, 0.25) is 0 Å². The molecule has 1 saturated carbocycles. The van der Waals surface area contributed by atoms with Crippen LogP contribution in [0.3, 0.4) is 0 Å². The van der Waals surface area contributed by atoms with Gasteiger partial charge in [-0.25, -0.2) is 0 Å². The SMILES string of the molecule is CCn1nc(C)cc1CC(N)C1(OC)CCCCC1. The zero-order chi connectivity index (χ0) is 13.9. The van der Waals surface area contributed by atoms with Crippen LogP contribution in [0.25, 0.3) is 0 Å². The normalized spacial score (nSPS) is 20.4. The minimum atomic E-state index is -0.130. The van der Waals surface area contributed by atoms with Crippen molar-refractivity contribution in [1.82, 2.24) is 9.78 Å². The molecule has 1 aromatic heterocycles. The van der Waals surface area contributed by atoms with Crippen molar-refractivity contribution in [3.8, 4) is 0 Å². The number of hydrogen-bond donors (Lipinski definition) is 1. The molecule has 0 spiro atoms. The number of aryl methyl sites for hydroxylation is 2. The van der Waals surface area contributed by atoms with Crippen molar-refractivity contribution in [2.75, 3.05) is 7.11 Å². The minimum absolute atomic E-state index is 0.0548. The highest BCUT2D eigenvalue weighted by Gasteiger charge is 2.38. The van der Waals surface area contributed by atoms with Gasteiger partial charge in [-0.05, 0) is 32.8 Å². The van der Waals surface area contributed by atoms with E-state index in [-0.39, 0.29) is 11.6 Å². The Hall–Kier alpha value is -0.870. The van der Waals surface area contributed by atoms with Crippen LogP contribution in [0.4, 0.5) is 0 Å². The first kappa shape index (κ1) is 14.5. The maximum absolute atomic E-state index is 6.49. The molecule has 0 radical (unpaired) electrons. The molecule has 108 valence electrons. The predicted octanol–water partition coefficient (Wildman–Crippen LogP) is 2.43. The molecule has 0 aliphatic heterocycles. The Bertz CT molecular complexity index is 408. The molecule has 0 aromatic carbocycles. The summed E-state index contributed by atoms with van der Waals surface area (Å²) < 4.78 is 7.90. The Labute approximate surface area is 116 Å². The van der Waals surface area contributed by atoms with Gasteiger partial charge in [0.15, 0.2) is 0 Å². The van der Waals surface area contributed by atoms with Crippen molar-refractivity contribution >= 4 is 0 Å². The van der Waals surface area contributed by atoms with Gasteiger partial charge in [0.1, 0.15) is 0 Å². The van der Waals surface area contributed by atoms with Crippen molar-refractivity contribution in [2.45, 2.75) is 70.6 Å². The van der Waals surface area contributed by atoms with E-state index in [0.717, 1.165) is 31.5 Å². The zero-order valence-electron chi connectivity index (χ0n) is 12.5. The van der Waals surface area contributed by atoms with Crippen LogP contribution < -0.4 is 5.73 Å². The molecule has 1 heterocycles. The molecule has 1 aromatic rings. The Morgan fingerprint density at radius 3 is 2.68 bits per heavy atom. The zero-order valence-corrected chi connectivity index (χ0v) is 12.5. The number of ether oxygens (including phenoxy) is 1. The second kappa shape index (κ2) is 6.06. The van der Waals surface area contributed by atoms with Gasteiger partial charge in [-0.3, -0.25) is 4.68 Å². The lowest BCUT2D eigenvalue weighted by molar-refractivity contribution is -0.0586. The molecular weight excluding hydrogens is 238 g/mol. The summed E-state index contributed by atoms with van der Waals surface area (Å²) in [6, 6.07) is 2.20. The van der Waals surface area contributed by atoms with Gasteiger partial charge in [-0.2, -0.15) is 5.10 Å². The van der Waals surface area contributed by atoms with Crippen molar-refractivity contribution in [3.63, 3.8) is 0 Å². The van der Waals surface area contributed by atoms with E-state index in [1.54, 1.807) is 0 Å². The van der Waals surface area contributed by atoms with Gasteiger partial charge in [0.25, 0.3) is 0 Å². The molecule has 4 nitrogen and oxygen atoms in total. The van der Waals surface area contributed by atoms with Gasteiger partial charge in [0, 0.05) is 31.8 Å². The molecule has 1 atom stereocenters. The molecule has 2 N–H and O–H groups in total. The molecule has 1 aliphatic rings. The lowest BCUT2D eigenvalue weighted by Crippen LogP contribution is -2.52. The highest BCUT2D eigenvalue weighted by atomic mass is 16.5. The van der Waals surface area contributed by atoms with Crippen LogP contribution in [-0.4, -0.2) is 28.5 Å². The third-order valence-electron chi connectivity index (χ3n) is 4.50. The lowest BCUT2D eigenvalue weighted by atomic mass is 9.78. The van der Waals surface area contributed by atoms with Gasteiger partial charge < -0.3 is 10.5 Å². The van der Waals surface area contributed by atoms with Crippen LogP contribution in [0.15, 0.2) is 6.07 Å². The molecule has 19 heavy (non-hydrogen) atoms. The summed E-state index contributed by atoms with van der Waals surface area (Å²) in [5.74, 6) is 0. The number of methoxy groups -OCH3 is 1. The summed E-state index contributed by atoms with van der Waals surface area (Å²) in [5, 5.41) is 4.50. The summed E-state index contributed by atoms with van der Waals surface area (Å²) in [4.78, 5) is 0. The quantitative estimate of drug-likeness (QED) is 0.889. The molecule has 0 saturated heterocycles. The summed E-state index contributed by atoms with van der Waals surface area (Å²) in [7, 11) is 1.81. The summed E-state index contributed by atoms with van der Waals surface area (Å²) in [6.07, 6.45) is 6.79. The fourth-order valence-corrected chi connectivity index (χ4v) is 3.33. The molecule has 0 amide bonds. The average Bonchev–Trinajstić information content (AvgIpc) is 2.79. The van der Waals surface area contributed by atoms with Crippen molar-refractivity contribution < 1.29 is 4.74 Å². The van der Waals surface area contributed by atoms with E-state index in [1.807, 2.05) is 14.0 Å². The van der Waals surface area contributed by atoms with Crippen molar-refractivity contribution in [3.05, 3.63) is 17.5 Å². The summed E-state index contributed by atoms with van der Waals surface area (Å²) in [6.45, 7) is 5.05. The van der Waals surface area contributed by atoms with E-state index in [2.05, 4.69) is 22.8 Å². The van der Waals surface area contributed by atoms with Crippen LogP contribution in [-0.2, 0) is 17.7 Å². The molecule has 1 aliphatic carbocycles. The van der Waals surface area contributed by atoms with Crippen LogP contribution in [0.5, 0.6) is 0 Å². The van der Waals surface area contributed by atoms with E-state index in [9.17, 15) is 0 Å². The molecule has 1 fully saturated rings. The topological polar surface area (TPSA) is 53.1 Å². The Balaban J connectivity index is 2.12. The number of aromatic nitrogens is 2. The third-order valence-corrected chi connectivity index (χ3v) is 4.50. The summed E-state index contributed by atoms with van der Waals surface area (Å²) in [5.41, 5.74) is 8.66. The fraction of sp³-hybridized carbons (Fsp3) is 0.800. The number of hydrogen-bond acceptors (Lipinski definition) is 3. The maximum atomic E-state index is 6.49. The van der Waals surface area contributed by atoms with E-state index >= 15 is 0 Å². The maximum Gasteiger partial charge on any atom is 0.0832 e. The first-order valence-electron chi connectivity index (χ1n) is 7.45. The number of nitrogens with zero attached hydrogens (tertiary/aromatic N) is 2. The molecule has 1 unspecified atom stereocenters. The van der Waals surface area contributed by atoms with E-state index in [0.29, 0.717) is 0 Å². The van der Waals surface area contributed by atoms with Crippen molar-refractivity contribution in [2.24, 2.45) is 5.73 Å². The fourth-order valence-electron chi connectivity index (χ4n) is 3.33. The monoisotopic (exact) mass is 265 g/mol. The number of nitrogens with two attached hydrogens (primary N) is 1. The average molecular weight is 265 g/mol. The molecule has 4 heteroatoms. The predicted molar refractivity (Wildman–Crippen MR) is 77.1 cm³/mol. The third kappa shape index (κ3) is 3.00.